The third-order valence-electron chi connectivity index (χ3n) is 4.01. The standard InChI is InChI=1S/C17H15FN2O4/c1-9(21)14-12-6-7-20(8-10-2-4-11(18)5-3-10)17(24)13(12)15(22)16(23)19-14/h2-5,22H,6-8H2,1H3,(H,19,23). The lowest BCUT2D eigenvalue weighted by molar-refractivity contribution is 0.0721. The largest absolute Gasteiger partial charge is 0.503 e. The maximum atomic E-state index is 13.0. The number of halogens is 1. The van der Waals surface area contributed by atoms with Crippen LogP contribution in [0.1, 0.15) is 38.9 Å². The van der Waals surface area contributed by atoms with Gasteiger partial charge in [0.2, 0.25) is 0 Å². The normalized spacial score (nSPS) is 13.8. The highest BCUT2D eigenvalue weighted by molar-refractivity contribution is 6.04. The molecule has 2 heterocycles. The van der Waals surface area contributed by atoms with E-state index in [4.69, 9.17) is 0 Å². The number of carbonyl (C=O) groups is 2. The zero-order chi connectivity index (χ0) is 17.4. The summed E-state index contributed by atoms with van der Waals surface area (Å²) in [4.78, 5) is 29.5. The summed E-state index contributed by atoms with van der Waals surface area (Å²) in [6.45, 7) is 1.85. The minimum absolute atomic E-state index is 0.00455. The summed E-state index contributed by atoms with van der Waals surface area (Å²) in [5.74, 6) is -2.62. The number of fused-ring (bicyclic) bond motifs is 1. The Morgan fingerprint density at radius 2 is 1.96 bits per heavy atom. The van der Waals surface area contributed by atoms with E-state index in [1.165, 1.54) is 24.0 Å². The van der Waals surface area contributed by atoms with E-state index >= 15 is 0 Å². The number of amides is 1. The number of hydrogen-bond acceptors (Lipinski definition) is 5. The Morgan fingerprint density at radius 1 is 1.29 bits per heavy atom. The Balaban J connectivity index is 1.98. The first-order valence-corrected chi connectivity index (χ1v) is 7.38. The van der Waals surface area contributed by atoms with Crippen LogP contribution >= 0.6 is 0 Å². The molecule has 7 heteroatoms. The Hall–Kier alpha value is -2.96. The zero-order valence-corrected chi connectivity index (χ0v) is 12.9. The first kappa shape index (κ1) is 15.9. The summed E-state index contributed by atoms with van der Waals surface area (Å²) >= 11 is 0. The van der Waals surface area contributed by atoms with Crippen molar-refractivity contribution in [3.63, 3.8) is 0 Å². The van der Waals surface area contributed by atoms with Gasteiger partial charge < -0.3 is 15.1 Å². The predicted molar refractivity (Wildman–Crippen MR) is 82.4 cm³/mol. The van der Waals surface area contributed by atoms with E-state index in [2.05, 4.69) is 4.98 Å². The summed E-state index contributed by atoms with van der Waals surface area (Å²) in [5, 5.41) is 19.7. The molecule has 1 aliphatic heterocycles. The molecule has 6 nitrogen and oxygen atoms in total. The third-order valence-corrected chi connectivity index (χ3v) is 4.01. The quantitative estimate of drug-likeness (QED) is 0.841. The molecule has 1 aromatic heterocycles. The molecule has 0 saturated heterocycles. The van der Waals surface area contributed by atoms with Gasteiger partial charge in [-0.1, -0.05) is 12.1 Å². The monoisotopic (exact) mass is 330 g/mol. The fourth-order valence-electron chi connectivity index (χ4n) is 2.83. The molecule has 0 aliphatic carbocycles. The number of aromatic hydroxyl groups is 2. The highest BCUT2D eigenvalue weighted by Crippen LogP contribution is 2.35. The van der Waals surface area contributed by atoms with E-state index in [-0.39, 0.29) is 29.4 Å². The predicted octanol–water partition coefficient (Wildman–Crippen LogP) is 2.03. The average Bonchev–Trinajstić information content (AvgIpc) is 2.54. The third kappa shape index (κ3) is 2.68. The van der Waals surface area contributed by atoms with E-state index in [0.717, 1.165) is 5.56 Å². The van der Waals surface area contributed by atoms with Gasteiger partial charge >= 0.3 is 0 Å². The van der Waals surface area contributed by atoms with Crippen molar-refractivity contribution in [3.05, 3.63) is 52.5 Å². The van der Waals surface area contributed by atoms with Crippen LogP contribution in [0.5, 0.6) is 11.6 Å². The molecular weight excluding hydrogens is 315 g/mol. The lowest BCUT2D eigenvalue weighted by Gasteiger charge is -2.29. The minimum Gasteiger partial charge on any atom is -0.503 e. The van der Waals surface area contributed by atoms with Gasteiger partial charge in [-0.2, -0.15) is 0 Å². The maximum absolute atomic E-state index is 13.0. The molecule has 1 aromatic carbocycles. The number of aromatic nitrogens is 1. The number of carbonyl (C=O) groups excluding carboxylic acids is 2. The Kier molecular flexibility index (Phi) is 3.92. The van der Waals surface area contributed by atoms with E-state index < -0.39 is 17.5 Å². The van der Waals surface area contributed by atoms with E-state index in [0.29, 0.717) is 18.5 Å². The van der Waals surface area contributed by atoms with Gasteiger partial charge in [0, 0.05) is 25.6 Å². The fraction of sp³-hybridized carbons (Fsp3) is 0.235. The van der Waals surface area contributed by atoms with Crippen LogP contribution in [0.4, 0.5) is 4.39 Å². The molecule has 0 fully saturated rings. The summed E-state index contributed by atoms with van der Waals surface area (Å²) in [5.41, 5.74) is 0.979. The molecular formula is C17H15FN2O4. The molecule has 0 atom stereocenters. The number of Topliss-reactive ketones (excluding diaryl/α,β-unsaturated/α-hetero) is 1. The van der Waals surface area contributed by atoms with Crippen LogP contribution in [0, 0.1) is 5.82 Å². The van der Waals surface area contributed by atoms with Crippen LogP contribution < -0.4 is 0 Å². The van der Waals surface area contributed by atoms with E-state index in [1.807, 2.05) is 0 Å². The zero-order valence-electron chi connectivity index (χ0n) is 12.9. The summed E-state index contributed by atoms with van der Waals surface area (Å²) in [6, 6.07) is 5.75. The molecule has 0 unspecified atom stereocenters. The SMILES string of the molecule is CC(=O)c1nc(O)c(O)c2c1CCN(Cc1ccc(F)cc1)C2=O. The van der Waals surface area contributed by atoms with Crippen LogP contribution in [-0.2, 0) is 13.0 Å². The van der Waals surface area contributed by atoms with Crippen molar-refractivity contribution < 1.29 is 24.2 Å². The second-order valence-corrected chi connectivity index (χ2v) is 5.65. The molecule has 1 amide bonds. The van der Waals surface area contributed by atoms with Crippen molar-refractivity contribution in [2.24, 2.45) is 0 Å². The topological polar surface area (TPSA) is 90.7 Å². The summed E-state index contributed by atoms with van der Waals surface area (Å²) in [6.07, 6.45) is 0.331. The number of pyridine rings is 1. The molecule has 2 N–H and O–H groups in total. The molecule has 3 rings (SSSR count). The summed E-state index contributed by atoms with van der Waals surface area (Å²) < 4.78 is 13.0. The smallest absolute Gasteiger partial charge is 0.258 e. The molecule has 0 radical (unpaired) electrons. The first-order valence-electron chi connectivity index (χ1n) is 7.38. The maximum Gasteiger partial charge on any atom is 0.258 e. The van der Waals surface area contributed by atoms with Crippen LogP contribution in [0.2, 0.25) is 0 Å². The van der Waals surface area contributed by atoms with Gasteiger partial charge in [0.25, 0.3) is 11.8 Å². The Morgan fingerprint density at radius 3 is 2.58 bits per heavy atom. The van der Waals surface area contributed by atoms with Crippen molar-refractivity contribution >= 4 is 11.7 Å². The Labute approximate surface area is 137 Å². The highest BCUT2D eigenvalue weighted by atomic mass is 19.1. The van der Waals surface area contributed by atoms with Crippen LogP contribution in [0.25, 0.3) is 0 Å². The van der Waals surface area contributed by atoms with Crippen molar-refractivity contribution in [3.8, 4) is 11.6 Å². The molecule has 124 valence electrons. The lowest BCUT2D eigenvalue weighted by Crippen LogP contribution is -2.38. The van der Waals surface area contributed by atoms with Gasteiger partial charge in [-0.25, -0.2) is 9.37 Å². The van der Waals surface area contributed by atoms with Gasteiger partial charge in [0.1, 0.15) is 11.5 Å². The van der Waals surface area contributed by atoms with Crippen LogP contribution in [0.3, 0.4) is 0 Å². The minimum atomic E-state index is -0.740. The number of nitrogens with zero attached hydrogens (tertiary/aromatic N) is 2. The molecule has 24 heavy (non-hydrogen) atoms. The van der Waals surface area contributed by atoms with Crippen molar-refractivity contribution in [2.75, 3.05) is 6.54 Å². The van der Waals surface area contributed by atoms with Crippen molar-refractivity contribution in [1.82, 2.24) is 9.88 Å². The van der Waals surface area contributed by atoms with Gasteiger partial charge in [-0.15, -0.1) is 0 Å². The second-order valence-electron chi connectivity index (χ2n) is 5.65. The van der Waals surface area contributed by atoms with Gasteiger partial charge in [0.05, 0.1) is 5.56 Å². The molecule has 2 aromatic rings. The van der Waals surface area contributed by atoms with Crippen LogP contribution in [-0.4, -0.2) is 38.3 Å². The number of hydrogen-bond donors (Lipinski definition) is 2. The molecule has 0 bridgehead atoms. The first-order chi connectivity index (χ1) is 11.4. The fourth-order valence-corrected chi connectivity index (χ4v) is 2.83. The Bertz CT molecular complexity index is 833. The summed E-state index contributed by atoms with van der Waals surface area (Å²) in [7, 11) is 0. The molecule has 0 saturated carbocycles. The van der Waals surface area contributed by atoms with E-state index in [1.54, 1.807) is 12.1 Å². The van der Waals surface area contributed by atoms with E-state index in [9.17, 15) is 24.2 Å². The number of benzene rings is 1. The number of ketones is 1. The van der Waals surface area contributed by atoms with Crippen molar-refractivity contribution in [2.45, 2.75) is 19.9 Å². The highest BCUT2D eigenvalue weighted by Gasteiger charge is 2.33. The van der Waals surface area contributed by atoms with Crippen molar-refractivity contribution in [1.29, 1.82) is 0 Å². The van der Waals surface area contributed by atoms with Crippen LogP contribution in [0.15, 0.2) is 24.3 Å². The average molecular weight is 330 g/mol. The lowest BCUT2D eigenvalue weighted by atomic mass is 9.95. The van der Waals surface area contributed by atoms with Gasteiger partial charge in [-0.3, -0.25) is 9.59 Å². The second kappa shape index (κ2) is 5.92. The molecule has 0 spiro atoms. The van der Waals surface area contributed by atoms with Gasteiger partial charge in [-0.05, 0) is 24.1 Å². The van der Waals surface area contributed by atoms with Gasteiger partial charge in [0.15, 0.2) is 11.5 Å². The molecule has 1 aliphatic rings. The number of rotatable bonds is 3.